The molecular formula is C23H24N2O5. The molecule has 1 atom stereocenters. The van der Waals surface area contributed by atoms with Gasteiger partial charge in [-0.15, -0.1) is 0 Å². The highest BCUT2D eigenvalue weighted by Gasteiger charge is 2.34. The number of fused-ring (bicyclic) bond motifs is 1. The van der Waals surface area contributed by atoms with Crippen LogP contribution < -0.4 is 5.32 Å². The summed E-state index contributed by atoms with van der Waals surface area (Å²) in [6.07, 6.45) is 0.207. The van der Waals surface area contributed by atoms with Crippen LogP contribution >= 0.6 is 0 Å². The number of carbonyl (C=O) groups excluding carboxylic acids is 4. The van der Waals surface area contributed by atoms with Crippen molar-refractivity contribution in [2.24, 2.45) is 0 Å². The molecule has 156 valence electrons. The molecule has 0 aromatic heterocycles. The first kappa shape index (κ1) is 21.2. The van der Waals surface area contributed by atoms with Gasteiger partial charge in [-0.1, -0.05) is 31.2 Å². The maximum atomic E-state index is 12.3. The van der Waals surface area contributed by atoms with Gasteiger partial charge in [-0.25, -0.2) is 0 Å². The second-order valence-corrected chi connectivity index (χ2v) is 7.08. The predicted octanol–water partition coefficient (Wildman–Crippen LogP) is 3.20. The van der Waals surface area contributed by atoms with Gasteiger partial charge < -0.3 is 10.1 Å². The number of nitrogens with zero attached hydrogens (tertiary/aromatic N) is 1. The van der Waals surface area contributed by atoms with Gasteiger partial charge in [-0.2, -0.15) is 0 Å². The number of esters is 1. The largest absolute Gasteiger partial charge is 0.453 e. The highest BCUT2D eigenvalue weighted by Crippen LogP contribution is 2.22. The molecule has 0 saturated carbocycles. The van der Waals surface area contributed by atoms with Crippen LogP contribution in [0.2, 0.25) is 0 Å². The van der Waals surface area contributed by atoms with Crippen LogP contribution in [0.4, 0.5) is 5.69 Å². The number of benzene rings is 2. The van der Waals surface area contributed by atoms with Crippen LogP contribution in [0.5, 0.6) is 0 Å². The summed E-state index contributed by atoms with van der Waals surface area (Å²) in [4.78, 5) is 50.0. The van der Waals surface area contributed by atoms with E-state index in [1.54, 1.807) is 36.4 Å². The number of carbonyl (C=O) groups is 4. The van der Waals surface area contributed by atoms with Gasteiger partial charge in [-0.3, -0.25) is 24.1 Å². The summed E-state index contributed by atoms with van der Waals surface area (Å²) in [6.45, 7) is 3.66. The number of aryl methyl sites for hydroxylation is 1. The summed E-state index contributed by atoms with van der Waals surface area (Å²) >= 11 is 0. The Morgan fingerprint density at radius 1 is 1.00 bits per heavy atom. The average Bonchev–Trinajstić information content (AvgIpc) is 2.99. The number of hydrogen-bond acceptors (Lipinski definition) is 5. The highest BCUT2D eigenvalue weighted by atomic mass is 16.5. The number of amides is 3. The zero-order valence-corrected chi connectivity index (χ0v) is 17.0. The number of hydrogen-bond donors (Lipinski definition) is 1. The summed E-state index contributed by atoms with van der Waals surface area (Å²) in [7, 11) is 0. The molecular weight excluding hydrogens is 384 g/mol. The topological polar surface area (TPSA) is 92.8 Å². The zero-order chi connectivity index (χ0) is 21.7. The molecule has 7 nitrogen and oxygen atoms in total. The Balaban J connectivity index is 1.43. The minimum atomic E-state index is -0.956. The van der Waals surface area contributed by atoms with E-state index in [4.69, 9.17) is 4.74 Å². The Morgan fingerprint density at radius 3 is 2.17 bits per heavy atom. The fraction of sp³-hybridized carbons (Fsp3) is 0.304. The first-order chi connectivity index (χ1) is 14.4. The molecule has 0 unspecified atom stereocenters. The second kappa shape index (κ2) is 9.35. The number of nitrogens with one attached hydrogen (secondary N) is 1. The first-order valence-electron chi connectivity index (χ1n) is 9.95. The van der Waals surface area contributed by atoms with E-state index in [1.165, 1.54) is 6.92 Å². The van der Waals surface area contributed by atoms with Crippen molar-refractivity contribution in [1.82, 2.24) is 4.90 Å². The molecule has 1 aliphatic heterocycles. The van der Waals surface area contributed by atoms with E-state index in [0.717, 1.165) is 16.9 Å². The van der Waals surface area contributed by atoms with E-state index in [9.17, 15) is 19.2 Å². The van der Waals surface area contributed by atoms with Crippen molar-refractivity contribution < 1.29 is 23.9 Å². The van der Waals surface area contributed by atoms with E-state index in [1.807, 2.05) is 19.1 Å². The summed E-state index contributed by atoms with van der Waals surface area (Å²) < 4.78 is 5.17. The summed E-state index contributed by atoms with van der Waals surface area (Å²) in [6, 6.07) is 14.1. The molecule has 3 amide bonds. The van der Waals surface area contributed by atoms with Crippen LogP contribution in [0.25, 0.3) is 0 Å². The van der Waals surface area contributed by atoms with E-state index in [2.05, 4.69) is 5.32 Å². The Hall–Kier alpha value is -3.48. The van der Waals surface area contributed by atoms with E-state index in [0.29, 0.717) is 16.8 Å². The molecule has 0 spiro atoms. The molecule has 2 aromatic carbocycles. The van der Waals surface area contributed by atoms with Gasteiger partial charge in [0.05, 0.1) is 11.1 Å². The van der Waals surface area contributed by atoms with Crippen molar-refractivity contribution in [2.45, 2.75) is 39.2 Å². The maximum absolute atomic E-state index is 12.3. The Morgan fingerprint density at radius 2 is 1.60 bits per heavy atom. The summed E-state index contributed by atoms with van der Waals surface area (Å²) in [5.74, 6) is -1.69. The molecule has 0 radical (unpaired) electrons. The van der Waals surface area contributed by atoms with Crippen LogP contribution in [0.15, 0.2) is 48.5 Å². The van der Waals surface area contributed by atoms with E-state index in [-0.39, 0.29) is 31.2 Å². The summed E-state index contributed by atoms with van der Waals surface area (Å²) in [5.41, 5.74) is 2.54. The smallest absolute Gasteiger partial charge is 0.306 e. The van der Waals surface area contributed by atoms with Crippen LogP contribution in [0.1, 0.15) is 53.0 Å². The van der Waals surface area contributed by atoms with Gasteiger partial charge in [0.1, 0.15) is 0 Å². The van der Waals surface area contributed by atoms with Gasteiger partial charge in [-0.05, 0) is 49.6 Å². The molecule has 30 heavy (non-hydrogen) atoms. The second-order valence-electron chi connectivity index (χ2n) is 7.08. The van der Waals surface area contributed by atoms with Crippen LogP contribution in [0.3, 0.4) is 0 Å². The van der Waals surface area contributed by atoms with Crippen molar-refractivity contribution >= 4 is 29.4 Å². The third kappa shape index (κ3) is 4.74. The third-order valence-corrected chi connectivity index (χ3v) is 4.95. The van der Waals surface area contributed by atoms with Gasteiger partial charge in [0.15, 0.2) is 6.10 Å². The van der Waals surface area contributed by atoms with E-state index < -0.39 is 18.0 Å². The van der Waals surface area contributed by atoms with E-state index >= 15 is 0 Å². The van der Waals surface area contributed by atoms with Gasteiger partial charge >= 0.3 is 5.97 Å². The van der Waals surface area contributed by atoms with Gasteiger partial charge in [0, 0.05) is 18.7 Å². The molecule has 1 heterocycles. The van der Waals surface area contributed by atoms with Crippen molar-refractivity contribution in [2.75, 3.05) is 11.9 Å². The minimum absolute atomic E-state index is 0.00375. The average molecular weight is 408 g/mol. The van der Waals surface area contributed by atoms with Crippen molar-refractivity contribution in [3.8, 4) is 0 Å². The van der Waals surface area contributed by atoms with Gasteiger partial charge in [0.2, 0.25) is 0 Å². The molecule has 0 bridgehead atoms. The molecule has 3 rings (SSSR count). The van der Waals surface area contributed by atoms with Crippen molar-refractivity contribution in [3.05, 3.63) is 65.2 Å². The van der Waals surface area contributed by atoms with Gasteiger partial charge in [0.25, 0.3) is 17.7 Å². The quantitative estimate of drug-likeness (QED) is 0.535. The van der Waals surface area contributed by atoms with Crippen molar-refractivity contribution in [3.63, 3.8) is 0 Å². The molecule has 2 aromatic rings. The zero-order valence-electron chi connectivity index (χ0n) is 17.0. The molecule has 0 saturated heterocycles. The van der Waals surface area contributed by atoms with Crippen molar-refractivity contribution in [1.29, 1.82) is 0 Å². The number of imide groups is 1. The maximum Gasteiger partial charge on any atom is 0.306 e. The first-order valence-corrected chi connectivity index (χ1v) is 9.95. The standard InChI is InChI=1S/C23H24N2O5/c1-3-16-10-12-17(13-11-16)24-21(27)15(2)30-20(26)9-6-14-25-22(28)18-7-4-5-8-19(18)23(25)29/h4-5,7-8,10-13,15H,3,6,9,14H2,1-2H3,(H,24,27)/t15-/m0/s1. The Labute approximate surface area is 175 Å². The lowest BCUT2D eigenvalue weighted by atomic mass is 10.1. The normalized spacial score (nSPS) is 13.7. The molecule has 0 fully saturated rings. The molecule has 0 aliphatic carbocycles. The van der Waals surface area contributed by atoms with Crippen LogP contribution in [-0.4, -0.2) is 41.2 Å². The fourth-order valence-corrected chi connectivity index (χ4v) is 3.20. The Kier molecular flexibility index (Phi) is 6.61. The summed E-state index contributed by atoms with van der Waals surface area (Å²) in [5, 5.41) is 2.71. The molecule has 1 N–H and O–H groups in total. The molecule has 1 aliphatic rings. The number of ether oxygens (including phenoxy) is 1. The van der Waals surface area contributed by atoms with Crippen LogP contribution in [0, 0.1) is 0 Å². The predicted molar refractivity (Wildman–Crippen MR) is 111 cm³/mol. The lowest BCUT2D eigenvalue weighted by molar-refractivity contribution is -0.153. The minimum Gasteiger partial charge on any atom is -0.453 e. The Bertz CT molecular complexity index is 933. The monoisotopic (exact) mass is 408 g/mol. The number of anilines is 1. The third-order valence-electron chi connectivity index (χ3n) is 4.95. The lowest BCUT2D eigenvalue weighted by Gasteiger charge is -2.15. The molecule has 7 heteroatoms. The van der Waals surface area contributed by atoms with Crippen LogP contribution in [-0.2, 0) is 20.7 Å². The number of rotatable bonds is 8. The SMILES string of the molecule is CCc1ccc(NC(=O)[C@H](C)OC(=O)CCCN2C(=O)c3ccccc3C2=O)cc1. The highest BCUT2D eigenvalue weighted by molar-refractivity contribution is 6.21. The fourth-order valence-electron chi connectivity index (χ4n) is 3.20. The lowest BCUT2D eigenvalue weighted by Crippen LogP contribution is -2.32.